The molecule has 8 nitrogen and oxygen atoms in total. The standard InChI is InChI=1S/C30H33F2N3O5S/c1-20-17-35(21(2)19-36)41(38,39)29-14-11-23(10-9-22-7-5-4-6-8-22)15-27(29)40-28(20)18-34(3)30(37)33-26-16-24(31)12-13-25(26)32/h4-16,20-21,28,36H,17-19H2,1-3H3,(H,33,37)/b10-9+/t20-,21-,28+/m1/s1. The number of hydrogen-bond donors (Lipinski definition) is 2. The molecule has 11 heteroatoms. The molecule has 218 valence electrons. The van der Waals surface area contributed by atoms with Crippen molar-refractivity contribution in [1.82, 2.24) is 9.21 Å². The maximum absolute atomic E-state index is 14.1. The third kappa shape index (κ3) is 7.10. The Labute approximate surface area is 238 Å². The number of halogens is 2. The number of anilines is 1. The van der Waals surface area contributed by atoms with Crippen molar-refractivity contribution < 1.29 is 31.8 Å². The van der Waals surface area contributed by atoms with Gasteiger partial charge in [-0.25, -0.2) is 22.0 Å². The Morgan fingerprint density at radius 3 is 2.54 bits per heavy atom. The fourth-order valence-corrected chi connectivity index (χ4v) is 6.30. The number of ether oxygens (including phenoxy) is 1. The minimum Gasteiger partial charge on any atom is -0.487 e. The Bertz CT molecular complexity index is 1520. The first-order valence-electron chi connectivity index (χ1n) is 13.1. The van der Waals surface area contributed by atoms with Crippen LogP contribution in [0, 0.1) is 17.6 Å². The normalized spacial score (nSPS) is 19.5. The quantitative estimate of drug-likeness (QED) is 0.378. The molecule has 0 saturated heterocycles. The first kappa shape index (κ1) is 30.2. The van der Waals surface area contributed by atoms with Crippen LogP contribution >= 0.6 is 0 Å². The van der Waals surface area contributed by atoms with Crippen molar-refractivity contribution in [3.05, 3.63) is 89.5 Å². The molecule has 0 fully saturated rings. The zero-order chi connectivity index (χ0) is 29.7. The van der Waals surface area contributed by atoms with Crippen LogP contribution in [0.2, 0.25) is 0 Å². The summed E-state index contributed by atoms with van der Waals surface area (Å²) in [5, 5.41) is 12.2. The maximum Gasteiger partial charge on any atom is 0.321 e. The average molecular weight is 586 g/mol. The van der Waals surface area contributed by atoms with Gasteiger partial charge in [-0.05, 0) is 42.3 Å². The molecule has 41 heavy (non-hydrogen) atoms. The molecule has 3 aromatic rings. The fraction of sp³-hybridized carbons (Fsp3) is 0.300. The number of carbonyl (C=O) groups excluding carboxylic acids is 1. The van der Waals surface area contributed by atoms with Crippen LogP contribution in [0.1, 0.15) is 25.0 Å². The maximum atomic E-state index is 14.1. The molecule has 3 atom stereocenters. The second-order valence-electron chi connectivity index (χ2n) is 10.1. The zero-order valence-electron chi connectivity index (χ0n) is 23.0. The van der Waals surface area contributed by atoms with Crippen molar-refractivity contribution in [3.63, 3.8) is 0 Å². The highest BCUT2D eigenvalue weighted by Gasteiger charge is 2.38. The highest BCUT2D eigenvalue weighted by Crippen LogP contribution is 2.34. The monoisotopic (exact) mass is 585 g/mol. The summed E-state index contributed by atoms with van der Waals surface area (Å²) in [4.78, 5) is 14.1. The van der Waals surface area contributed by atoms with Crippen LogP contribution in [-0.4, -0.2) is 67.7 Å². The molecule has 0 unspecified atom stereocenters. The summed E-state index contributed by atoms with van der Waals surface area (Å²) in [6.45, 7) is 3.06. The lowest BCUT2D eigenvalue weighted by Gasteiger charge is -2.37. The summed E-state index contributed by atoms with van der Waals surface area (Å²) in [6, 6.07) is 15.7. The molecular formula is C30H33F2N3O5S. The number of nitrogens with zero attached hydrogens (tertiary/aromatic N) is 2. The molecule has 0 saturated carbocycles. The third-order valence-electron chi connectivity index (χ3n) is 6.93. The van der Waals surface area contributed by atoms with E-state index in [4.69, 9.17) is 4.74 Å². The van der Waals surface area contributed by atoms with E-state index >= 15 is 0 Å². The summed E-state index contributed by atoms with van der Waals surface area (Å²) in [6.07, 6.45) is 3.05. The summed E-state index contributed by atoms with van der Waals surface area (Å²) >= 11 is 0. The second kappa shape index (κ2) is 12.8. The highest BCUT2D eigenvalue weighted by molar-refractivity contribution is 7.89. The van der Waals surface area contributed by atoms with Crippen LogP contribution in [0.25, 0.3) is 12.2 Å². The van der Waals surface area contributed by atoms with Gasteiger partial charge in [0.1, 0.15) is 28.4 Å². The number of aliphatic hydroxyl groups is 1. The molecule has 1 heterocycles. The third-order valence-corrected chi connectivity index (χ3v) is 8.95. The smallest absolute Gasteiger partial charge is 0.321 e. The van der Waals surface area contributed by atoms with E-state index in [2.05, 4.69) is 5.32 Å². The van der Waals surface area contributed by atoms with E-state index in [-0.39, 0.29) is 36.0 Å². The number of rotatable bonds is 7. The van der Waals surface area contributed by atoms with Crippen molar-refractivity contribution in [2.75, 3.05) is 32.1 Å². The summed E-state index contributed by atoms with van der Waals surface area (Å²) in [5.41, 5.74) is 1.36. The number of amides is 2. The Balaban J connectivity index is 1.65. The number of urea groups is 1. The van der Waals surface area contributed by atoms with E-state index in [1.807, 2.05) is 42.5 Å². The highest BCUT2D eigenvalue weighted by atomic mass is 32.2. The van der Waals surface area contributed by atoms with Crippen molar-refractivity contribution >= 4 is 33.9 Å². The molecule has 3 aromatic carbocycles. The number of aliphatic hydroxyl groups excluding tert-OH is 1. The number of likely N-dealkylation sites (N-methyl/N-ethyl adjacent to an activating group) is 1. The SMILES string of the molecule is C[C@@H]1CN([C@H](C)CO)S(=O)(=O)c2ccc(/C=C/c3ccccc3)cc2O[C@H]1CN(C)C(=O)Nc1cc(F)ccc1F. The zero-order valence-corrected chi connectivity index (χ0v) is 23.8. The molecule has 1 aliphatic rings. The molecule has 2 N–H and O–H groups in total. The first-order chi connectivity index (χ1) is 19.5. The molecule has 0 spiro atoms. The van der Waals surface area contributed by atoms with Crippen LogP contribution < -0.4 is 10.1 Å². The molecule has 2 amide bonds. The lowest BCUT2D eigenvalue weighted by atomic mass is 10.0. The number of sulfonamides is 1. The molecule has 1 aliphatic heterocycles. The molecule has 0 radical (unpaired) electrons. The predicted molar refractivity (Wildman–Crippen MR) is 154 cm³/mol. The Hall–Kier alpha value is -3.80. The lowest BCUT2D eigenvalue weighted by Crippen LogP contribution is -2.50. The van der Waals surface area contributed by atoms with Gasteiger partial charge in [-0.3, -0.25) is 0 Å². The van der Waals surface area contributed by atoms with Crippen LogP contribution in [0.15, 0.2) is 71.6 Å². The number of benzene rings is 3. The van der Waals surface area contributed by atoms with Crippen molar-refractivity contribution in [3.8, 4) is 5.75 Å². The second-order valence-corrected chi connectivity index (χ2v) is 12.0. The number of carbonyl (C=O) groups is 1. The van der Waals surface area contributed by atoms with Crippen LogP contribution in [0.5, 0.6) is 5.75 Å². The van der Waals surface area contributed by atoms with Crippen LogP contribution in [0.4, 0.5) is 19.3 Å². The molecule has 0 aromatic heterocycles. The predicted octanol–water partition coefficient (Wildman–Crippen LogP) is 5.07. The topological polar surface area (TPSA) is 99.2 Å². The van der Waals surface area contributed by atoms with Gasteiger partial charge in [-0.15, -0.1) is 0 Å². The van der Waals surface area contributed by atoms with Crippen LogP contribution in [0.3, 0.4) is 0 Å². The van der Waals surface area contributed by atoms with E-state index in [1.54, 1.807) is 26.0 Å². The number of nitrogens with one attached hydrogen (secondary N) is 1. The summed E-state index contributed by atoms with van der Waals surface area (Å²) in [5.74, 6) is -1.80. The molecule has 0 bridgehead atoms. The Kier molecular flexibility index (Phi) is 9.42. The number of fused-ring (bicyclic) bond motifs is 1. The van der Waals surface area contributed by atoms with Gasteiger partial charge in [0.15, 0.2) is 0 Å². The Morgan fingerprint density at radius 1 is 1.12 bits per heavy atom. The van der Waals surface area contributed by atoms with E-state index in [0.29, 0.717) is 5.56 Å². The Morgan fingerprint density at radius 2 is 1.83 bits per heavy atom. The van der Waals surface area contributed by atoms with Crippen LogP contribution in [-0.2, 0) is 10.0 Å². The van der Waals surface area contributed by atoms with Gasteiger partial charge in [0, 0.05) is 31.6 Å². The average Bonchev–Trinajstić information content (AvgIpc) is 2.95. The number of hydrogen-bond acceptors (Lipinski definition) is 5. The van der Waals surface area contributed by atoms with Crippen molar-refractivity contribution in [2.24, 2.45) is 5.92 Å². The van der Waals surface area contributed by atoms with Gasteiger partial charge >= 0.3 is 6.03 Å². The first-order valence-corrected chi connectivity index (χ1v) is 14.6. The largest absolute Gasteiger partial charge is 0.487 e. The minimum atomic E-state index is -4.03. The fourth-order valence-electron chi connectivity index (χ4n) is 4.48. The van der Waals surface area contributed by atoms with E-state index in [1.165, 1.54) is 22.3 Å². The molecule has 0 aliphatic carbocycles. The van der Waals surface area contributed by atoms with Crippen molar-refractivity contribution in [2.45, 2.75) is 30.9 Å². The van der Waals surface area contributed by atoms with Gasteiger partial charge in [0.25, 0.3) is 0 Å². The molecule has 4 rings (SSSR count). The van der Waals surface area contributed by atoms with E-state index in [9.17, 15) is 27.1 Å². The van der Waals surface area contributed by atoms with Gasteiger partial charge in [0.2, 0.25) is 10.0 Å². The summed E-state index contributed by atoms with van der Waals surface area (Å²) < 4.78 is 62.6. The molecular weight excluding hydrogens is 552 g/mol. The van der Waals surface area contributed by atoms with Gasteiger partial charge in [-0.1, -0.05) is 55.5 Å². The minimum absolute atomic E-state index is 0.00878. The summed E-state index contributed by atoms with van der Waals surface area (Å²) in [7, 11) is -2.56. The lowest BCUT2D eigenvalue weighted by molar-refractivity contribution is 0.0830. The van der Waals surface area contributed by atoms with Crippen molar-refractivity contribution in [1.29, 1.82) is 0 Å². The van der Waals surface area contributed by atoms with E-state index < -0.39 is 45.8 Å². The van der Waals surface area contributed by atoms with Gasteiger partial charge in [-0.2, -0.15) is 4.31 Å². The van der Waals surface area contributed by atoms with E-state index in [0.717, 1.165) is 23.8 Å². The van der Waals surface area contributed by atoms with Gasteiger partial charge < -0.3 is 20.1 Å². The van der Waals surface area contributed by atoms with Gasteiger partial charge in [0.05, 0.1) is 18.8 Å².